The second-order valence-electron chi connectivity index (χ2n) is 7.72. The van der Waals surface area contributed by atoms with Crippen LogP contribution < -0.4 is 10.6 Å². The van der Waals surface area contributed by atoms with Crippen molar-refractivity contribution in [1.82, 2.24) is 9.97 Å². The van der Waals surface area contributed by atoms with Gasteiger partial charge in [-0.2, -0.15) is 18.2 Å². The first-order valence-corrected chi connectivity index (χ1v) is 9.82. The predicted octanol–water partition coefficient (Wildman–Crippen LogP) is 7.23. The maximum absolute atomic E-state index is 13.5. The van der Waals surface area contributed by atoms with Gasteiger partial charge in [0.2, 0.25) is 5.95 Å². The lowest BCUT2D eigenvalue weighted by Crippen LogP contribution is -2.13. The van der Waals surface area contributed by atoms with Gasteiger partial charge in [0.1, 0.15) is 11.4 Å². The third-order valence-electron chi connectivity index (χ3n) is 4.76. The molecule has 2 N–H and O–H groups in total. The number of rotatable bonds is 6. The monoisotopic (exact) mass is 414 g/mol. The lowest BCUT2D eigenvalue weighted by Gasteiger charge is -2.18. The van der Waals surface area contributed by atoms with Crippen LogP contribution >= 0.6 is 0 Å². The topological polar surface area (TPSA) is 49.8 Å². The number of nitrogens with one attached hydrogen (secondary N) is 2. The Balaban J connectivity index is 1.95. The van der Waals surface area contributed by atoms with Crippen LogP contribution in [0.2, 0.25) is 0 Å². The molecule has 0 atom stereocenters. The van der Waals surface area contributed by atoms with Gasteiger partial charge in [-0.3, -0.25) is 0 Å². The standard InChI is InChI=1S/C23H25F3N4/c1-14(2)16-9-11-17(12-10-16)28-22-27-13-19(23(24,25)26)21(30-22)29-20-8-6-5-7-18(20)15(3)4/h5-15H,1-4H3,(H2,27,28,29,30). The number of anilines is 4. The van der Waals surface area contributed by atoms with E-state index in [-0.39, 0.29) is 17.7 Å². The fourth-order valence-corrected chi connectivity index (χ4v) is 3.07. The van der Waals surface area contributed by atoms with Gasteiger partial charge >= 0.3 is 6.18 Å². The number of halogens is 3. The van der Waals surface area contributed by atoms with Crippen LogP contribution in [0.15, 0.2) is 54.7 Å². The van der Waals surface area contributed by atoms with Gasteiger partial charge in [-0.15, -0.1) is 0 Å². The molecule has 4 nitrogen and oxygen atoms in total. The van der Waals surface area contributed by atoms with E-state index in [1.54, 1.807) is 12.1 Å². The Morgan fingerprint density at radius 3 is 2.10 bits per heavy atom. The number of para-hydroxylation sites is 1. The molecule has 0 radical (unpaired) electrons. The number of benzene rings is 2. The van der Waals surface area contributed by atoms with E-state index in [0.717, 1.165) is 11.8 Å². The summed E-state index contributed by atoms with van der Waals surface area (Å²) in [6.07, 6.45) is -3.77. The number of nitrogens with zero attached hydrogens (tertiary/aromatic N) is 2. The molecule has 0 spiro atoms. The van der Waals surface area contributed by atoms with Crippen molar-refractivity contribution >= 4 is 23.1 Å². The lowest BCUT2D eigenvalue weighted by molar-refractivity contribution is -0.137. The first-order chi connectivity index (χ1) is 14.1. The highest BCUT2D eigenvalue weighted by molar-refractivity contribution is 5.66. The van der Waals surface area contributed by atoms with E-state index in [2.05, 4.69) is 34.4 Å². The summed E-state index contributed by atoms with van der Waals surface area (Å²) in [5.41, 5.74) is 2.45. The second kappa shape index (κ2) is 8.73. The molecule has 30 heavy (non-hydrogen) atoms. The largest absolute Gasteiger partial charge is 0.421 e. The van der Waals surface area contributed by atoms with Crippen molar-refractivity contribution in [3.05, 3.63) is 71.4 Å². The molecule has 0 saturated carbocycles. The summed E-state index contributed by atoms with van der Waals surface area (Å²) in [6.45, 7) is 8.15. The summed E-state index contributed by atoms with van der Waals surface area (Å²) in [4.78, 5) is 8.01. The van der Waals surface area contributed by atoms with E-state index in [4.69, 9.17) is 0 Å². The minimum absolute atomic E-state index is 0.0878. The molecule has 1 aromatic heterocycles. The first-order valence-electron chi connectivity index (χ1n) is 9.82. The fourth-order valence-electron chi connectivity index (χ4n) is 3.07. The van der Waals surface area contributed by atoms with Crippen molar-refractivity contribution in [2.45, 2.75) is 45.7 Å². The Bertz CT molecular complexity index is 996. The maximum Gasteiger partial charge on any atom is 0.421 e. The minimum atomic E-state index is -4.58. The summed E-state index contributed by atoms with van der Waals surface area (Å²) >= 11 is 0. The van der Waals surface area contributed by atoms with E-state index >= 15 is 0 Å². The van der Waals surface area contributed by atoms with E-state index in [1.165, 1.54) is 5.56 Å². The van der Waals surface area contributed by atoms with E-state index in [0.29, 0.717) is 17.3 Å². The molecular formula is C23H25F3N4. The van der Waals surface area contributed by atoms with Gasteiger partial charge in [0, 0.05) is 17.6 Å². The Kier molecular flexibility index (Phi) is 6.29. The Labute approximate surface area is 174 Å². The summed E-state index contributed by atoms with van der Waals surface area (Å²) in [5.74, 6) is 0.330. The van der Waals surface area contributed by atoms with Gasteiger partial charge in [-0.1, -0.05) is 58.0 Å². The Hall–Kier alpha value is -3.09. The van der Waals surface area contributed by atoms with Gasteiger partial charge in [-0.05, 0) is 41.2 Å². The van der Waals surface area contributed by atoms with Crippen molar-refractivity contribution < 1.29 is 13.2 Å². The zero-order valence-corrected chi connectivity index (χ0v) is 17.4. The average Bonchev–Trinajstić information content (AvgIpc) is 2.68. The molecule has 0 aliphatic rings. The maximum atomic E-state index is 13.5. The lowest BCUT2D eigenvalue weighted by atomic mass is 10.0. The third-order valence-corrected chi connectivity index (χ3v) is 4.76. The van der Waals surface area contributed by atoms with Crippen LogP contribution in [-0.4, -0.2) is 9.97 Å². The van der Waals surface area contributed by atoms with Crippen LogP contribution in [-0.2, 0) is 6.18 Å². The molecule has 1 heterocycles. The van der Waals surface area contributed by atoms with E-state index in [1.807, 2.05) is 50.2 Å². The SMILES string of the molecule is CC(C)c1ccc(Nc2ncc(C(F)(F)F)c(Nc3ccccc3C(C)C)n2)cc1. The molecule has 2 aromatic carbocycles. The molecular weight excluding hydrogens is 389 g/mol. The molecule has 158 valence electrons. The predicted molar refractivity (Wildman–Crippen MR) is 115 cm³/mol. The van der Waals surface area contributed by atoms with Crippen LogP contribution in [0.5, 0.6) is 0 Å². The highest BCUT2D eigenvalue weighted by Crippen LogP contribution is 2.36. The number of aromatic nitrogens is 2. The highest BCUT2D eigenvalue weighted by Gasteiger charge is 2.35. The zero-order chi connectivity index (χ0) is 21.9. The van der Waals surface area contributed by atoms with Crippen molar-refractivity contribution in [1.29, 1.82) is 0 Å². The molecule has 7 heteroatoms. The normalized spacial score (nSPS) is 11.8. The third kappa shape index (κ3) is 5.09. The molecule has 0 unspecified atom stereocenters. The van der Waals surface area contributed by atoms with Gasteiger partial charge in [0.05, 0.1) is 0 Å². The molecule has 0 bridgehead atoms. The number of alkyl halides is 3. The summed E-state index contributed by atoms with van der Waals surface area (Å²) in [7, 11) is 0. The van der Waals surface area contributed by atoms with Crippen molar-refractivity contribution in [2.24, 2.45) is 0 Å². The Morgan fingerprint density at radius 1 is 0.833 bits per heavy atom. The number of hydrogen-bond donors (Lipinski definition) is 2. The second-order valence-corrected chi connectivity index (χ2v) is 7.72. The van der Waals surface area contributed by atoms with Gasteiger partial charge in [0.25, 0.3) is 0 Å². The summed E-state index contributed by atoms with van der Waals surface area (Å²) in [5, 5.41) is 5.85. The van der Waals surface area contributed by atoms with E-state index in [9.17, 15) is 13.2 Å². The molecule has 3 rings (SSSR count). The molecule has 0 amide bonds. The molecule has 3 aromatic rings. The van der Waals surface area contributed by atoms with Crippen LogP contribution in [0.25, 0.3) is 0 Å². The Morgan fingerprint density at radius 2 is 1.50 bits per heavy atom. The van der Waals surface area contributed by atoms with Crippen molar-refractivity contribution in [3.63, 3.8) is 0 Å². The zero-order valence-electron chi connectivity index (χ0n) is 17.4. The smallest absolute Gasteiger partial charge is 0.339 e. The molecule has 0 saturated heterocycles. The molecule has 0 aliphatic carbocycles. The fraction of sp³-hybridized carbons (Fsp3) is 0.304. The van der Waals surface area contributed by atoms with Gasteiger partial charge in [-0.25, -0.2) is 4.98 Å². The van der Waals surface area contributed by atoms with E-state index < -0.39 is 11.7 Å². The van der Waals surface area contributed by atoms with Crippen molar-refractivity contribution in [2.75, 3.05) is 10.6 Å². The van der Waals surface area contributed by atoms with Crippen molar-refractivity contribution in [3.8, 4) is 0 Å². The average molecular weight is 414 g/mol. The van der Waals surface area contributed by atoms with Crippen LogP contribution in [0.1, 0.15) is 56.2 Å². The summed E-state index contributed by atoms with van der Waals surface area (Å²) < 4.78 is 40.6. The van der Waals surface area contributed by atoms with Gasteiger partial charge < -0.3 is 10.6 Å². The molecule has 0 fully saturated rings. The van der Waals surface area contributed by atoms with Gasteiger partial charge in [0.15, 0.2) is 0 Å². The highest BCUT2D eigenvalue weighted by atomic mass is 19.4. The minimum Gasteiger partial charge on any atom is -0.339 e. The quantitative estimate of drug-likeness (QED) is 0.447. The van der Waals surface area contributed by atoms with Crippen LogP contribution in [0, 0.1) is 0 Å². The first kappa shape index (κ1) is 21.6. The van der Waals surface area contributed by atoms with Crippen LogP contribution in [0.3, 0.4) is 0 Å². The number of hydrogen-bond acceptors (Lipinski definition) is 4. The van der Waals surface area contributed by atoms with Crippen LogP contribution in [0.4, 0.5) is 36.3 Å². The summed E-state index contributed by atoms with van der Waals surface area (Å²) in [6, 6.07) is 14.9. The molecule has 0 aliphatic heterocycles.